The van der Waals surface area contributed by atoms with Gasteiger partial charge in [-0.1, -0.05) is 31.9 Å². The molecule has 0 aromatic heterocycles. The highest BCUT2D eigenvalue weighted by Gasteiger charge is 2.38. The van der Waals surface area contributed by atoms with Gasteiger partial charge in [0.15, 0.2) is 0 Å². The molecule has 4 nitrogen and oxygen atoms in total. The highest BCUT2D eigenvalue weighted by atomic mass is 79.9. The molecule has 0 aliphatic heterocycles. The van der Waals surface area contributed by atoms with Crippen LogP contribution in [0.2, 0.25) is 0 Å². The monoisotopic (exact) mass is 356 g/mol. The molecule has 4 unspecified atom stereocenters. The van der Waals surface area contributed by atoms with Crippen molar-refractivity contribution in [1.82, 2.24) is 0 Å². The van der Waals surface area contributed by atoms with Gasteiger partial charge in [0.2, 0.25) is 0 Å². The van der Waals surface area contributed by atoms with Crippen molar-refractivity contribution in [2.75, 3.05) is 0 Å². The number of rotatable bonds is 2. The van der Waals surface area contributed by atoms with E-state index in [2.05, 4.69) is 31.9 Å². The fourth-order valence-corrected chi connectivity index (χ4v) is 2.89. The van der Waals surface area contributed by atoms with E-state index >= 15 is 0 Å². The van der Waals surface area contributed by atoms with Gasteiger partial charge in [-0.2, -0.15) is 0 Å². The molecule has 6 heteroatoms. The molecule has 1 fully saturated rings. The van der Waals surface area contributed by atoms with Gasteiger partial charge in [0.05, 0.1) is 0 Å². The van der Waals surface area contributed by atoms with E-state index in [9.17, 15) is 9.59 Å². The number of ether oxygens (including phenoxy) is 2. The Balaban J connectivity index is 2.66. The van der Waals surface area contributed by atoms with Gasteiger partial charge in [-0.25, -0.2) is 0 Å². The standard InChI is InChI=1S/C10H14Br2O4/c1-5(13)15-9-3-7(11)8(12)4-10(9)16-6(2)14/h7-10H,3-4H2,1-2H3. The second kappa shape index (κ2) is 6.00. The predicted octanol–water partition coefficient (Wildman–Crippen LogP) is 2.17. The van der Waals surface area contributed by atoms with Crippen molar-refractivity contribution in [3.8, 4) is 0 Å². The quantitative estimate of drug-likeness (QED) is 0.561. The van der Waals surface area contributed by atoms with E-state index in [1.807, 2.05) is 0 Å². The average Bonchev–Trinajstić information content (AvgIpc) is 2.11. The van der Waals surface area contributed by atoms with Crippen molar-refractivity contribution in [3.05, 3.63) is 0 Å². The molecular weight excluding hydrogens is 344 g/mol. The van der Waals surface area contributed by atoms with Crippen molar-refractivity contribution in [2.24, 2.45) is 0 Å². The molecule has 0 aromatic carbocycles. The first-order valence-corrected chi connectivity index (χ1v) is 6.86. The van der Waals surface area contributed by atoms with Crippen LogP contribution in [0.1, 0.15) is 26.7 Å². The molecule has 1 aliphatic carbocycles. The lowest BCUT2D eigenvalue weighted by molar-refractivity contribution is -0.168. The second-order valence-corrected chi connectivity index (χ2v) is 6.15. The third-order valence-corrected chi connectivity index (χ3v) is 5.09. The van der Waals surface area contributed by atoms with Gasteiger partial charge in [-0.15, -0.1) is 0 Å². The predicted molar refractivity (Wildman–Crippen MR) is 65.8 cm³/mol. The molecule has 0 aromatic rings. The van der Waals surface area contributed by atoms with Gasteiger partial charge in [0, 0.05) is 36.3 Å². The molecule has 4 atom stereocenters. The lowest BCUT2D eigenvalue weighted by Gasteiger charge is -2.35. The summed E-state index contributed by atoms with van der Waals surface area (Å²) in [6.07, 6.45) is 0.542. The zero-order chi connectivity index (χ0) is 12.3. The number of halogens is 2. The number of hydrogen-bond acceptors (Lipinski definition) is 4. The van der Waals surface area contributed by atoms with Crippen molar-refractivity contribution < 1.29 is 19.1 Å². The molecule has 0 amide bonds. The summed E-state index contributed by atoms with van der Waals surface area (Å²) >= 11 is 7.00. The number of alkyl halides is 2. The van der Waals surface area contributed by atoms with Crippen molar-refractivity contribution in [3.63, 3.8) is 0 Å². The fourth-order valence-electron chi connectivity index (χ4n) is 1.72. The first-order chi connectivity index (χ1) is 7.40. The Kier molecular flexibility index (Phi) is 5.24. The van der Waals surface area contributed by atoms with Crippen LogP contribution in [0.4, 0.5) is 0 Å². The van der Waals surface area contributed by atoms with Crippen molar-refractivity contribution >= 4 is 43.8 Å². The van der Waals surface area contributed by atoms with Crippen molar-refractivity contribution in [1.29, 1.82) is 0 Å². The van der Waals surface area contributed by atoms with Gasteiger partial charge in [-0.05, 0) is 0 Å². The summed E-state index contributed by atoms with van der Waals surface area (Å²) in [5.74, 6) is -0.704. The van der Waals surface area contributed by atoms with Gasteiger partial charge in [0.25, 0.3) is 0 Å². The zero-order valence-corrected chi connectivity index (χ0v) is 12.3. The molecule has 0 bridgehead atoms. The first-order valence-electron chi connectivity index (χ1n) is 5.02. The van der Waals surface area contributed by atoms with Crippen LogP contribution in [0.5, 0.6) is 0 Å². The first kappa shape index (κ1) is 14.0. The maximum Gasteiger partial charge on any atom is 0.303 e. The minimum absolute atomic E-state index is 0.212. The van der Waals surface area contributed by atoms with E-state index in [1.54, 1.807) is 0 Å². The SMILES string of the molecule is CC(=O)OC1CC(Br)C(Br)CC1OC(C)=O. The molecule has 0 N–H and O–H groups in total. The van der Waals surface area contributed by atoms with E-state index in [0.717, 1.165) is 0 Å². The third-order valence-electron chi connectivity index (χ3n) is 2.36. The summed E-state index contributed by atoms with van der Waals surface area (Å²) in [5.41, 5.74) is 0. The maximum absolute atomic E-state index is 10.9. The zero-order valence-electron chi connectivity index (χ0n) is 9.11. The summed E-state index contributed by atoms with van der Waals surface area (Å²) in [7, 11) is 0. The van der Waals surface area contributed by atoms with Gasteiger partial charge in [0.1, 0.15) is 12.2 Å². The Hall–Kier alpha value is -0.100. The molecule has 0 spiro atoms. The lowest BCUT2D eigenvalue weighted by atomic mass is 9.94. The van der Waals surface area contributed by atoms with Gasteiger partial charge >= 0.3 is 11.9 Å². The average molecular weight is 358 g/mol. The van der Waals surface area contributed by atoms with E-state index in [1.165, 1.54) is 13.8 Å². The summed E-state index contributed by atoms with van der Waals surface area (Å²) in [4.78, 5) is 22.3. The van der Waals surface area contributed by atoms with E-state index in [-0.39, 0.29) is 33.8 Å². The molecule has 16 heavy (non-hydrogen) atoms. The minimum atomic E-state index is -0.362. The molecule has 1 saturated carbocycles. The Morgan fingerprint density at radius 3 is 1.50 bits per heavy atom. The summed E-state index contributed by atoms with van der Waals surface area (Å²) in [6, 6.07) is 0. The van der Waals surface area contributed by atoms with Crippen LogP contribution in [-0.4, -0.2) is 33.8 Å². The Morgan fingerprint density at radius 2 is 1.25 bits per heavy atom. The van der Waals surface area contributed by atoms with Gasteiger partial charge in [-0.3, -0.25) is 9.59 Å². The molecule has 1 rings (SSSR count). The summed E-state index contributed by atoms with van der Waals surface area (Å²) in [5, 5.41) is 0. The van der Waals surface area contributed by atoms with Crippen LogP contribution >= 0.6 is 31.9 Å². The normalized spacial score (nSPS) is 34.2. The smallest absolute Gasteiger partial charge is 0.303 e. The third kappa shape index (κ3) is 4.05. The maximum atomic E-state index is 10.9. The van der Waals surface area contributed by atoms with Crippen LogP contribution in [0.15, 0.2) is 0 Å². The summed E-state index contributed by atoms with van der Waals surface area (Å²) in [6.45, 7) is 2.71. The largest absolute Gasteiger partial charge is 0.459 e. The number of carbonyl (C=O) groups excluding carboxylic acids is 2. The van der Waals surface area contributed by atoms with E-state index < -0.39 is 0 Å². The Labute approximate surface area is 111 Å². The topological polar surface area (TPSA) is 52.6 Å². The van der Waals surface area contributed by atoms with Gasteiger partial charge < -0.3 is 9.47 Å². The van der Waals surface area contributed by atoms with Crippen LogP contribution in [-0.2, 0) is 19.1 Å². The molecule has 0 heterocycles. The Bertz CT molecular complexity index is 254. The minimum Gasteiger partial charge on any atom is -0.459 e. The molecule has 0 radical (unpaired) electrons. The molecular formula is C10H14Br2O4. The van der Waals surface area contributed by atoms with E-state index in [0.29, 0.717) is 12.8 Å². The van der Waals surface area contributed by atoms with Crippen molar-refractivity contribution in [2.45, 2.75) is 48.6 Å². The molecule has 92 valence electrons. The highest BCUT2D eigenvalue weighted by Crippen LogP contribution is 2.33. The fraction of sp³-hybridized carbons (Fsp3) is 0.800. The van der Waals surface area contributed by atoms with Crippen LogP contribution < -0.4 is 0 Å². The molecule has 1 aliphatic rings. The number of hydrogen-bond donors (Lipinski definition) is 0. The number of carbonyl (C=O) groups is 2. The van der Waals surface area contributed by atoms with E-state index in [4.69, 9.17) is 9.47 Å². The van der Waals surface area contributed by atoms with Crippen LogP contribution in [0.25, 0.3) is 0 Å². The second-order valence-electron chi connectivity index (χ2n) is 3.80. The number of esters is 2. The lowest BCUT2D eigenvalue weighted by Crippen LogP contribution is -2.44. The molecule has 0 saturated heterocycles. The summed E-state index contributed by atoms with van der Waals surface area (Å²) < 4.78 is 10.3. The van der Waals surface area contributed by atoms with Crippen LogP contribution in [0, 0.1) is 0 Å². The highest BCUT2D eigenvalue weighted by molar-refractivity contribution is 9.12. The Morgan fingerprint density at radius 1 is 0.938 bits per heavy atom. The van der Waals surface area contributed by atoms with Crippen LogP contribution in [0.3, 0.4) is 0 Å².